The van der Waals surface area contributed by atoms with Gasteiger partial charge in [0.15, 0.2) is 11.5 Å². The highest BCUT2D eigenvalue weighted by Crippen LogP contribution is 2.38. The fourth-order valence-electron chi connectivity index (χ4n) is 4.20. The summed E-state index contributed by atoms with van der Waals surface area (Å²) >= 11 is 0. The number of likely N-dealkylation sites (N-methyl/N-ethyl adjacent to an activating group) is 1. The number of aromatic hydroxyl groups is 1. The zero-order valence-electron chi connectivity index (χ0n) is 18.8. The lowest BCUT2D eigenvalue weighted by atomic mass is 10.1. The number of benzene rings is 2. The van der Waals surface area contributed by atoms with Crippen LogP contribution in [0.15, 0.2) is 36.4 Å². The summed E-state index contributed by atoms with van der Waals surface area (Å²) in [5, 5.41) is 9.61. The summed E-state index contributed by atoms with van der Waals surface area (Å²) < 4.78 is 16.3. The summed E-state index contributed by atoms with van der Waals surface area (Å²) in [7, 11) is 4.62. The van der Waals surface area contributed by atoms with Gasteiger partial charge >= 0.3 is 0 Å². The molecule has 1 aliphatic rings. The topological polar surface area (TPSA) is 71.5 Å². The maximum absolute atomic E-state index is 13.6. The molecule has 0 aromatic heterocycles. The van der Waals surface area contributed by atoms with Crippen molar-refractivity contribution in [2.24, 2.45) is 0 Å². The number of carbonyl (C=O) groups excluding carboxylic acids is 1. The second kappa shape index (κ2) is 10.4. The van der Waals surface area contributed by atoms with Crippen molar-refractivity contribution in [1.29, 1.82) is 0 Å². The molecule has 0 bridgehead atoms. The average Bonchev–Trinajstić information content (AvgIpc) is 3.25. The van der Waals surface area contributed by atoms with E-state index in [0.717, 1.165) is 31.5 Å². The van der Waals surface area contributed by atoms with Crippen LogP contribution < -0.4 is 14.2 Å². The van der Waals surface area contributed by atoms with Crippen molar-refractivity contribution in [2.75, 3.05) is 41.0 Å². The summed E-state index contributed by atoms with van der Waals surface area (Å²) in [4.78, 5) is 17.9. The molecule has 3 rings (SSSR count). The summed E-state index contributed by atoms with van der Waals surface area (Å²) in [5.41, 5.74) is 1.44. The Bertz CT molecular complexity index is 859. The zero-order chi connectivity index (χ0) is 22.4. The van der Waals surface area contributed by atoms with Gasteiger partial charge in [-0.1, -0.05) is 19.1 Å². The Hall–Kier alpha value is -2.93. The van der Waals surface area contributed by atoms with Crippen molar-refractivity contribution >= 4 is 5.91 Å². The smallest absolute Gasteiger partial charge is 0.254 e. The first kappa shape index (κ1) is 22.7. The minimum absolute atomic E-state index is 0.102. The SMILES string of the molecule is CCN1CCC[C@H]1CN(Cc1ccc(O)cc1)C(=O)c1cc(OC)c(OC)c(OC)c1. The monoisotopic (exact) mass is 428 g/mol. The van der Waals surface area contributed by atoms with E-state index in [9.17, 15) is 9.90 Å². The van der Waals surface area contributed by atoms with Gasteiger partial charge in [-0.25, -0.2) is 0 Å². The number of methoxy groups -OCH3 is 3. The predicted molar refractivity (Wildman–Crippen MR) is 119 cm³/mol. The summed E-state index contributed by atoms with van der Waals surface area (Å²) in [5.74, 6) is 1.46. The van der Waals surface area contributed by atoms with E-state index < -0.39 is 0 Å². The number of hydrogen-bond acceptors (Lipinski definition) is 6. The highest BCUT2D eigenvalue weighted by atomic mass is 16.5. The van der Waals surface area contributed by atoms with E-state index in [1.54, 1.807) is 31.4 Å². The van der Waals surface area contributed by atoms with Crippen LogP contribution in [0.4, 0.5) is 0 Å². The average molecular weight is 429 g/mol. The second-order valence-electron chi connectivity index (χ2n) is 7.69. The molecule has 2 aromatic carbocycles. The van der Waals surface area contributed by atoms with Gasteiger partial charge in [-0.05, 0) is 55.8 Å². The Labute approximate surface area is 184 Å². The van der Waals surface area contributed by atoms with Gasteiger partial charge in [-0.15, -0.1) is 0 Å². The lowest BCUT2D eigenvalue weighted by molar-refractivity contribution is 0.0691. The molecule has 0 saturated carbocycles. The van der Waals surface area contributed by atoms with Crippen LogP contribution in [-0.4, -0.2) is 67.8 Å². The first-order chi connectivity index (χ1) is 15.0. The van der Waals surface area contributed by atoms with Crippen molar-refractivity contribution in [3.63, 3.8) is 0 Å². The number of ether oxygens (including phenoxy) is 3. The Kier molecular flexibility index (Phi) is 7.63. The molecular formula is C24H32N2O5. The van der Waals surface area contributed by atoms with E-state index in [1.165, 1.54) is 14.2 Å². The van der Waals surface area contributed by atoms with E-state index in [2.05, 4.69) is 11.8 Å². The van der Waals surface area contributed by atoms with E-state index in [-0.39, 0.29) is 11.7 Å². The molecule has 1 amide bonds. The Morgan fingerprint density at radius 2 is 1.74 bits per heavy atom. The molecule has 0 unspecified atom stereocenters. The third-order valence-corrected chi connectivity index (χ3v) is 5.85. The number of nitrogens with zero attached hydrogens (tertiary/aromatic N) is 2. The standard InChI is InChI=1S/C24H32N2O5/c1-5-25-12-6-7-19(25)16-26(15-17-8-10-20(27)11-9-17)24(28)18-13-21(29-2)23(31-4)22(14-18)30-3/h8-11,13-14,19,27H,5-7,12,15-16H2,1-4H3/t19-/m0/s1. The molecule has 1 saturated heterocycles. The third-order valence-electron chi connectivity index (χ3n) is 5.85. The molecule has 1 aliphatic heterocycles. The van der Waals surface area contributed by atoms with E-state index >= 15 is 0 Å². The lowest BCUT2D eigenvalue weighted by Crippen LogP contribution is -2.42. The predicted octanol–water partition coefficient (Wildman–Crippen LogP) is 3.54. The molecule has 1 N–H and O–H groups in total. The van der Waals surface area contributed by atoms with Crippen molar-refractivity contribution in [3.8, 4) is 23.0 Å². The minimum Gasteiger partial charge on any atom is -0.508 e. The molecule has 2 aromatic rings. The van der Waals surface area contributed by atoms with Gasteiger partial charge in [0.25, 0.3) is 5.91 Å². The van der Waals surface area contributed by atoms with Gasteiger partial charge in [-0.3, -0.25) is 9.69 Å². The van der Waals surface area contributed by atoms with Crippen molar-refractivity contribution in [2.45, 2.75) is 32.4 Å². The fraction of sp³-hybridized carbons (Fsp3) is 0.458. The maximum Gasteiger partial charge on any atom is 0.254 e. The van der Waals surface area contributed by atoms with E-state index in [0.29, 0.717) is 41.9 Å². The van der Waals surface area contributed by atoms with Crippen LogP contribution >= 0.6 is 0 Å². The first-order valence-electron chi connectivity index (χ1n) is 10.6. The quantitative estimate of drug-likeness (QED) is 0.659. The molecule has 168 valence electrons. The Morgan fingerprint density at radius 3 is 2.29 bits per heavy atom. The van der Waals surface area contributed by atoms with E-state index in [1.807, 2.05) is 17.0 Å². The number of amides is 1. The third kappa shape index (κ3) is 5.22. The number of carbonyl (C=O) groups is 1. The highest BCUT2D eigenvalue weighted by molar-refractivity contribution is 5.95. The largest absolute Gasteiger partial charge is 0.508 e. The highest BCUT2D eigenvalue weighted by Gasteiger charge is 2.28. The number of rotatable bonds is 9. The van der Waals surface area contributed by atoms with Crippen LogP contribution in [0.5, 0.6) is 23.0 Å². The summed E-state index contributed by atoms with van der Waals surface area (Å²) in [6.07, 6.45) is 2.21. The zero-order valence-corrected chi connectivity index (χ0v) is 18.8. The van der Waals surface area contributed by atoms with Crippen LogP contribution in [0.25, 0.3) is 0 Å². The van der Waals surface area contributed by atoms with Gasteiger partial charge in [0.1, 0.15) is 5.75 Å². The number of likely N-dealkylation sites (tertiary alicyclic amines) is 1. The van der Waals surface area contributed by atoms with Crippen molar-refractivity contribution in [1.82, 2.24) is 9.80 Å². The Morgan fingerprint density at radius 1 is 1.10 bits per heavy atom. The van der Waals surface area contributed by atoms with Crippen LogP contribution in [0.3, 0.4) is 0 Å². The molecule has 0 aliphatic carbocycles. The molecule has 7 heteroatoms. The number of phenols is 1. The minimum atomic E-state index is -0.102. The van der Waals surface area contributed by atoms with Crippen molar-refractivity contribution < 1.29 is 24.1 Å². The molecular weight excluding hydrogens is 396 g/mol. The molecule has 1 atom stereocenters. The van der Waals surface area contributed by atoms with Crippen molar-refractivity contribution in [3.05, 3.63) is 47.5 Å². The van der Waals surface area contributed by atoms with Gasteiger partial charge in [0, 0.05) is 24.7 Å². The second-order valence-corrected chi connectivity index (χ2v) is 7.69. The van der Waals surface area contributed by atoms with Crippen LogP contribution in [0.2, 0.25) is 0 Å². The number of hydrogen-bond donors (Lipinski definition) is 1. The molecule has 0 spiro atoms. The van der Waals surface area contributed by atoms with Crippen LogP contribution in [-0.2, 0) is 6.54 Å². The van der Waals surface area contributed by atoms with Gasteiger partial charge < -0.3 is 24.2 Å². The van der Waals surface area contributed by atoms with E-state index in [4.69, 9.17) is 14.2 Å². The van der Waals surface area contributed by atoms with Gasteiger partial charge in [0.2, 0.25) is 5.75 Å². The molecule has 0 radical (unpaired) electrons. The van der Waals surface area contributed by atoms with Gasteiger partial charge in [0.05, 0.1) is 21.3 Å². The molecule has 31 heavy (non-hydrogen) atoms. The Balaban J connectivity index is 1.93. The fourth-order valence-corrected chi connectivity index (χ4v) is 4.20. The molecule has 1 heterocycles. The first-order valence-corrected chi connectivity index (χ1v) is 10.6. The normalized spacial score (nSPS) is 16.2. The van der Waals surface area contributed by atoms with Crippen LogP contribution in [0.1, 0.15) is 35.7 Å². The van der Waals surface area contributed by atoms with Crippen LogP contribution in [0, 0.1) is 0 Å². The molecule has 7 nitrogen and oxygen atoms in total. The summed E-state index contributed by atoms with van der Waals surface area (Å²) in [6.45, 7) is 5.26. The lowest BCUT2D eigenvalue weighted by Gasteiger charge is -2.31. The summed E-state index contributed by atoms with van der Waals surface area (Å²) in [6, 6.07) is 10.7. The maximum atomic E-state index is 13.6. The van der Waals surface area contributed by atoms with Gasteiger partial charge in [-0.2, -0.15) is 0 Å². The molecule has 1 fully saturated rings. The number of phenolic OH excluding ortho intramolecular Hbond substituents is 1.